The van der Waals surface area contributed by atoms with E-state index in [9.17, 15) is 0 Å². The van der Waals surface area contributed by atoms with Gasteiger partial charge in [0.2, 0.25) is 0 Å². The highest BCUT2D eigenvalue weighted by Gasteiger charge is 2.21. The highest BCUT2D eigenvalue weighted by Crippen LogP contribution is 2.21. The highest BCUT2D eigenvalue weighted by molar-refractivity contribution is 4.68. The van der Waals surface area contributed by atoms with Crippen molar-refractivity contribution < 1.29 is 10.4 Å². The van der Waals surface area contributed by atoms with Crippen LogP contribution in [-0.2, 0) is 0 Å². The average molecular weight is 172 g/mol. The number of quaternary nitrogens is 1. The van der Waals surface area contributed by atoms with E-state index in [4.69, 9.17) is 5.11 Å². The van der Waals surface area contributed by atoms with Crippen molar-refractivity contribution in [3.05, 3.63) is 0 Å². The monoisotopic (exact) mass is 172 g/mol. The number of aliphatic hydroxyl groups excluding tert-OH is 1. The number of rotatable bonds is 3. The Kier molecular flexibility index (Phi) is 4.02. The van der Waals surface area contributed by atoms with Crippen molar-refractivity contribution in [1.82, 2.24) is 0 Å². The first-order valence-electron chi connectivity index (χ1n) is 5.20. The van der Waals surface area contributed by atoms with E-state index in [-0.39, 0.29) is 6.10 Å². The molecular weight excluding hydrogens is 150 g/mol. The van der Waals surface area contributed by atoms with Gasteiger partial charge in [-0.25, -0.2) is 0 Å². The van der Waals surface area contributed by atoms with E-state index >= 15 is 0 Å². The molecule has 1 aliphatic rings. The molecule has 72 valence electrons. The number of aliphatic hydroxyl groups is 1. The van der Waals surface area contributed by atoms with Crippen molar-refractivity contribution in [3.8, 4) is 0 Å². The molecule has 12 heavy (non-hydrogen) atoms. The van der Waals surface area contributed by atoms with Crippen molar-refractivity contribution in [2.45, 2.75) is 51.7 Å². The molecule has 0 aromatic heterocycles. The van der Waals surface area contributed by atoms with Crippen LogP contribution in [0.5, 0.6) is 0 Å². The molecule has 0 spiro atoms. The van der Waals surface area contributed by atoms with Crippen LogP contribution >= 0.6 is 0 Å². The fourth-order valence-corrected chi connectivity index (χ4v) is 2.08. The summed E-state index contributed by atoms with van der Waals surface area (Å²) in [7, 11) is 0. The SMILES string of the molecule is C[C@H]1CCC[C@@H]([NH2+]C[C@@H](C)O)C1. The molecule has 0 unspecified atom stereocenters. The van der Waals surface area contributed by atoms with Crippen molar-refractivity contribution in [3.63, 3.8) is 0 Å². The van der Waals surface area contributed by atoms with E-state index in [1.54, 1.807) is 0 Å². The zero-order valence-electron chi connectivity index (χ0n) is 8.29. The maximum Gasteiger partial charge on any atom is 0.102 e. The van der Waals surface area contributed by atoms with Gasteiger partial charge >= 0.3 is 0 Å². The van der Waals surface area contributed by atoms with Gasteiger partial charge in [-0.1, -0.05) is 13.3 Å². The summed E-state index contributed by atoms with van der Waals surface area (Å²) in [5.74, 6) is 0.897. The lowest BCUT2D eigenvalue weighted by atomic mass is 9.87. The van der Waals surface area contributed by atoms with Crippen LogP contribution in [0, 0.1) is 5.92 Å². The molecule has 1 fully saturated rings. The lowest BCUT2D eigenvalue weighted by Crippen LogP contribution is -2.92. The standard InChI is InChI=1S/C10H21NO/c1-8-4-3-5-10(6-8)11-7-9(2)12/h8-12H,3-7H2,1-2H3/p+1/t8-,9+,10+/m0/s1. The lowest BCUT2D eigenvalue weighted by molar-refractivity contribution is -0.697. The van der Waals surface area contributed by atoms with Crippen LogP contribution in [0.1, 0.15) is 39.5 Å². The normalized spacial score (nSPS) is 33.2. The van der Waals surface area contributed by atoms with Gasteiger partial charge in [-0.15, -0.1) is 0 Å². The second kappa shape index (κ2) is 4.83. The Morgan fingerprint density at radius 1 is 1.50 bits per heavy atom. The predicted octanol–water partition coefficient (Wildman–Crippen LogP) is 0.509. The van der Waals surface area contributed by atoms with Crippen LogP contribution in [0.2, 0.25) is 0 Å². The van der Waals surface area contributed by atoms with Gasteiger partial charge in [0.25, 0.3) is 0 Å². The molecule has 0 aromatic carbocycles. The maximum atomic E-state index is 9.12. The Morgan fingerprint density at radius 3 is 2.83 bits per heavy atom. The van der Waals surface area contributed by atoms with Crippen molar-refractivity contribution in [2.75, 3.05) is 6.54 Å². The quantitative estimate of drug-likeness (QED) is 0.639. The Hall–Kier alpha value is -0.0800. The molecule has 1 aliphatic carbocycles. The van der Waals surface area contributed by atoms with E-state index in [1.165, 1.54) is 25.7 Å². The zero-order valence-corrected chi connectivity index (χ0v) is 8.29. The third-order valence-corrected chi connectivity index (χ3v) is 2.79. The molecule has 0 aliphatic heterocycles. The molecule has 0 saturated heterocycles. The molecule has 0 radical (unpaired) electrons. The first-order chi connectivity index (χ1) is 5.68. The molecule has 3 atom stereocenters. The fourth-order valence-electron chi connectivity index (χ4n) is 2.08. The smallest absolute Gasteiger partial charge is 0.102 e. The third kappa shape index (κ3) is 3.55. The van der Waals surface area contributed by atoms with Gasteiger partial charge in [0.05, 0.1) is 12.1 Å². The first kappa shape index (κ1) is 10.0. The summed E-state index contributed by atoms with van der Waals surface area (Å²) in [6, 6.07) is 0.781. The summed E-state index contributed by atoms with van der Waals surface area (Å²) >= 11 is 0. The number of nitrogens with two attached hydrogens (primary N) is 1. The number of hydrogen-bond donors (Lipinski definition) is 2. The summed E-state index contributed by atoms with van der Waals surface area (Å²) < 4.78 is 0. The summed E-state index contributed by atoms with van der Waals surface area (Å²) in [4.78, 5) is 0. The highest BCUT2D eigenvalue weighted by atomic mass is 16.3. The summed E-state index contributed by atoms with van der Waals surface area (Å²) in [6.45, 7) is 5.07. The molecular formula is C10H22NO+. The topological polar surface area (TPSA) is 36.8 Å². The third-order valence-electron chi connectivity index (χ3n) is 2.79. The minimum atomic E-state index is -0.151. The van der Waals surface area contributed by atoms with Gasteiger partial charge in [0.15, 0.2) is 0 Å². The predicted molar refractivity (Wildman–Crippen MR) is 49.9 cm³/mol. The summed E-state index contributed by atoms with van der Waals surface area (Å²) in [5.41, 5.74) is 0. The minimum absolute atomic E-state index is 0.151. The molecule has 1 saturated carbocycles. The average Bonchev–Trinajstić information content (AvgIpc) is 2.01. The van der Waals surface area contributed by atoms with Gasteiger partial charge in [-0.3, -0.25) is 0 Å². The van der Waals surface area contributed by atoms with Crippen LogP contribution in [0.15, 0.2) is 0 Å². The van der Waals surface area contributed by atoms with Crippen LogP contribution in [0.4, 0.5) is 0 Å². The molecule has 0 bridgehead atoms. The van der Waals surface area contributed by atoms with Crippen LogP contribution in [-0.4, -0.2) is 23.8 Å². The second-order valence-electron chi connectivity index (χ2n) is 4.35. The fraction of sp³-hybridized carbons (Fsp3) is 1.00. The van der Waals surface area contributed by atoms with E-state index in [0.29, 0.717) is 0 Å². The molecule has 2 nitrogen and oxygen atoms in total. The van der Waals surface area contributed by atoms with Crippen LogP contribution < -0.4 is 5.32 Å². The summed E-state index contributed by atoms with van der Waals surface area (Å²) in [6.07, 6.45) is 5.31. The summed E-state index contributed by atoms with van der Waals surface area (Å²) in [5, 5.41) is 11.4. The molecule has 1 rings (SSSR count). The Balaban J connectivity index is 2.14. The van der Waals surface area contributed by atoms with E-state index in [0.717, 1.165) is 18.5 Å². The lowest BCUT2D eigenvalue weighted by Gasteiger charge is -2.25. The maximum absolute atomic E-state index is 9.12. The second-order valence-corrected chi connectivity index (χ2v) is 4.35. The number of hydrogen-bond acceptors (Lipinski definition) is 1. The minimum Gasteiger partial charge on any atom is -0.388 e. The van der Waals surface area contributed by atoms with Gasteiger partial charge in [-0.05, 0) is 25.7 Å². The molecule has 0 aromatic rings. The molecule has 2 heteroatoms. The molecule has 0 heterocycles. The van der Waals surface area contributed by atoms with Crippen molar-refractivity contribution >= 4 is 0 Å². The van der Waals surface area contributed by atoms with Gasteiger partial charge in [0, 0.05) is 6.42 Å². The Bertz CT molecular complexity index is 125. The van der Waals surface area contributed by atoms with Crippen molar-refractivity contribution in [1.29, 1.82) is 0 Å². The van der Waals surface area contributed by atoms with Crippen LogP contribution in [0.3, 0.4) is 0 Å². The van der Waals surface area contributed by atoms with E-state index < -0.39 is 0 Å². The van der Waals surface area contributed by atoms with Gasteiger partial charge < -0.3 is 10.4 Å². The van der Waals surface area contributed by atoms with E-state index in [1.807, 2.05) is 6.92 Å². The Labute approximate surface area is 75.4 Å². The van der Waals surface area contributed by atoms with E-state index in [2.05, 4.69) is 12.2 Å². The van der Waals surface area contributed by atoms with Crippen molar-refractivity contribution in [2.24, 2.45) is 5.92 Å². The molecule has 3 N–H and O–H groups in total. The Morgan fingerprint density at radius 2 is 2.25 bits per heavy atom. The first-order valence-corrected chi connectivity index (χ1v) is 5.20. The molecule has 0 amide bonds. The van der Waals surface area contributed by atoms with Crippen LogP contribution in [0.25, 0.3) is 0 Å². The zero-order chi connectivity index (χ0) is 8.97. The van der Waals surface area contributed by atoms with Gasteiger partial charge in [-0.2, -0.15) is 0 Å². The van der Waals surface area contributed by atoms with Gasteiger partial charge in [0.1, 0.15) is 6.54 Å². The largest absolute Gasteiger partial charge is 0.388 e.